The Morgan fingerprint density at radius 3 is 2.69 bits per heavy atom. The molecule has 0 bridgehead atoms. The first-order valence-corrected chi connectivity index (χ1v) is 4.82. The third kappa shape index (κ3) is 2.29. The number of hydrogen-bond donors (Lipinski definition) is 0. The van der Waals surface area contributed by atoms with E-state index in [1.165, 1.54) is 6.42 Å². The Bertz CT molecular complexity index is 211. The predicted octanol–water partition coefficient (Wildman–Crippen LogP) is 1.37. The number of hydrogen-bond acceptors (Lipinski definition) is 2. The molecule has 1 rings (SSSR count). The molecule has 3 nitrogen and oxygen atoms in total. The van der Waals surface area contributed by atoms with Gasteiger partial charge in [-0.15, -0.1) is 0 Å². The maximum absolute atomic E-state index is 11.5. The van der Waals surface area contributed by atoms with Crippen LogP contribution in [0.25, 0.3) is 0 Å². The zero-order valence-corrected chi connectivity index (χ0v) is 8.38. The van der Waals surface area contributed by atoms with Crippen molar-refractivity contribution in [1.82, 2.24) is 4.90 Å². The van der Waals surface area contributed by atoms with Gasteiger partial charge in [0.25, 0.3) is 0 Å². The van der Waals surface area contributed by atoms with E-state index < -0.39 is 0 Å². The molecule has 0 atom stereocenters. The monoisotopic (exact) mass is 183 g/mol. The Kier molecular flexibility index (Phi) is 3.07. The van der Waals surface area contributed by atoms with Gasteiger partial charge in [-0.1, -0.05) is 0 Å². The summed E-state index contributed by atoms with van der Waals surface area (Å²) in [5.74, 6) is -0.0281. The van der Waals surface area contributed by atoms with Crippen LogP contribution in [-0.2, 0) is 9.59 Å². The fourth-order valence-electron chi connectivity index (χ4n) is 1.91. The molecule has 1 amide bonds. The van der Waals surface area contributed by atoms with Crippen molar-refractivity contribution >= 4 is 12.2 Å². The lowest BCUT2D eigenvalue weighted by Gasteiger charge is -2.42. The molecule has 0 saturated carbocycles. The second-order valence-electron chi connectivity index (χ2n) is 4.19. The fourth-order valence-corrected chi connectivity index (χ4v) is 1.91. The summed E-state index contributed by atoms with van der Waals surface area (Å²) in [4.78, 5) is 23.6. The highest BCUT2D eigenvalue weighted by Crippen LogP contribution is 2.27. The molecule has 0 radical (unpaired) electrons. The minimum absolute atomic E-state index is 0.0281. The van der Waals surface area contributed by atoms with E-state index in [1.807, 2.05) is 4.90 Å². The van der Waals surface area contributed by atoms with Gasteiger partial charge in [-0.3, -0.25) is 4.79 Å². The molecule has 0 unspecified atom stereocenters. The second kappa shape index (κ2) is 3.90. The van der Waals surface area contributed by atoms with Gasteiger partial charge >= 0.3 is 0 Å². The van der Waals surface area contributed by atoms with Gasteiger partial charge in [0.2, 0.25) is 5.91 Å². The third-order valence-corrected chi connectivity index (χ3v) is 2.71. The minimum Gasteiger partial charge on any atom is -0.337 e. The first kappa shape index (κ1) is 10.2. The van der Waals surface area contributed by atoms with Crippen LogP contribution in [0.2, 0.25) is 0 Å². The van der Waals surface area contributed by atoms with Crippen molar-refractivity contribution in [2.24, 2.45) is 0 Å². The summed E-state index contributed by atoms with van der Waals surface area (Å²) in [6.45, 7) is 4.93. The molecule has 1 aliphatic rings. The Morgan fingerprint density at radius 1 is 1.46 bits per heavy atom. The van der Waals surface area contributed by atoms with E-state index in [4.69, 9.17) is 0 Å². The van der Waals surface area contributed by atoms with Crippen LogP contribution in [0, 0.1) is 0 Å². The molecule has 74 valence electrons. The molecule has 0 aromatic heterocycles. The van der Waals surface area contributed by atoms with Crippen molar-refractivity contribution in [3.05, 3.63) is 0 Å². The van der Waals surface area contributed by atoms with E-state index in [1.54, 1.807) is 0 Å². The van der Waals surface area contributed by atoms with E-state index in [0.717, 1.165) is 19.4 Å². The summed E-state index contributed by atoms with van der Waals surface area (Å²) in [7, 11) is 0. The standard InChI is InChI=1S/C10H17NO2/c1-10(2)6-3-4-7-11(10)9(13)5-8-12/h8H,3-7H2,1-2H3. The van der Waals surface area contributed by atoms with Gasteiger partial charge < -0.3 is 9.69 Å². The Morgan fingerprint density at radius 2 is 2.15 bits per heavy atom. The highest BCUT2D eigenvalue weighted by molar-refractivity contribution is 5.88. The lowest BCUT2D eigenvalue weighted by Crippen LogP contribution is -2.50. The summed E-state index contributed by atoms with van der Waals surface area (Å²) >= 11 is 0. The first-order valence-electron chi connectivity index (χ1n) is 4.82. The maximum Gasteiger partial charge on any atom is 0.230 e. The van der Waals surface area contributed by atoms with Crippen LogP contribution < -0.4 is 0 Å². The van der Waals surface area contributed by atoms with E-state index in [9.17, 15) is 9.59 Å². The minimum atomic E-state index is -0.0572. The van der Waals surface area contributed by atoms with Gasteiger partial charge in [0, 0.05) is 12.1 Å². The first-order chi connectivity index (χ1) is 6.08. The molecule has 3 heteroatoms. The molecule has 0 aromatic carbocycles. The number of amides is 1. The van der Waals surface area contributed by atoms with Crippen LogP contribution in [0.1, 0.15) is 39.5 Å². The lowest BCUT2D eigenvalue weighted by atomic mass is 9.90. The number of likely N-dealkylation sites (tertiary alicyclic amines) is 1. The molecule has 13 heavy (non-hydrogen) atoms. The van der Waals surface area contributed by atoms with Gasteiger partial charge in [-0.25, -0.2) is 0 Å². The van der Waals surface area contributed by atoms with Gasteiger partial charge in [0.05, 0.1) is 6.42 Å². The van der Waals surface area contributed by atoms with Crippen LogP contribution in [0.5, 0.6) is 0 Å². The summed E-state index contributed by atoms with van der Waals surface area (Å²) in [6.07, 6.45) is 4.00. The molecule has 1 saturated heterocycles. The highest BCUT2D eigenvalue weighted by Gasteiger charge is 2.32. The molecule has 0 aliphatic carbocycles. The smallest absolute Gasteiger partial charge is 0.230 e. The summed E-state index contributed by atoms with van der Waals surface area (Å²) in [5.41, 5.74) is -0.0572. The molecule has 0 spiro atoms. The quantitative estimate of drug-likeness (QED) is 0.479. The second-order valence-corrected chi connectivity index (χ2v) is 4.19. The average Bonchev–Trinajstić information content (AvgIpc) is 2.03. The molecule has 0 N–H and O–H groups in total. The van der Waals surface area contributed by atoms with Crippen LogP contribution >= 0.6 is 0 Å². The number of carbonyl (C=O) groups is 2. The van der Waals surface area contributed by atoms with Crippen molar-refractivity contribution in [2.75, 3.05) is 6.54 Å². The number of nitrogens with zero attached hydrogens (tertiary/aromatic N) is 1. The molecule has 0 aromatic rings. The normalized spacial score (nSPS) is 21.2. The predicted molar refractivity (Wildman–Crippen MR) is 50.3 cm³/mol. The Balaban J connectivity index is 2.64. The molecular formula is C10H17NO2. The summed E-state index contributed by atoms with van der Waals surface area (Å²) in [5, 5.41) is 0. The third-order valence-electron chi connectivity index (χ3n) is 2.71. The van der Waals surface area contributed by atoms with Crippen LogP contribution in [0.15, 0.2) is 0 Å². The van der Waals surface area contributed by atoms with E-state index in [0.29, 0.717) is 6.29 Å². The van der Waals surface area contributed by atoms with Gasteiger partial charge in [0.1, 0.15) is 6.29 Å². The Hall–Kier alpha value is -0.860. The number of rotatable bonds is 2. The van der Waals surface area contributed by atoms with Gasteiger partial charge in [0.15, 0.2) is 0 Å². The van der Waals surface area contributed by atoms with E-state index >= 15 is 0 Å². The van der Waals surface area contributed by atoms with E-state index in [2.05, 4.69) is 13.8 Å². The van der Waals surface area contributed by atoms with Crippen molar-refractivity contribution in [3.63, 3.8) is 0 Å². The van der Waals surface area contributed by atoms with Crippen molar-refractivity contribution in [2.45, 2.75) is 45.1 Å². The maximum atomic E-state index is 11.5. The largest absolute Gasteiger partial charge is 0.337 e. The fraction of sp³-hybridized carbons (Fsp3) is 0.800. The topological polar surface area (TPSA) is 37.4 Å². The zero-order valence-electron chi connectivity index (χ0n) is 8.38. The van der Waals surface area contributed by atoms with Crippen molar-refractivity contribution in [3.8, 4) is 0 Å². The Labute approximate surface area is 79.1 Å². The summed E-state index contributed by atoms with van der Waals surface area (Å²) in [6, 6.07) is 0. The lowest BCUT2D eigenvalue weighted by molar-refractivity contribution is -0.139. The number of piperidine rings is 1. The number of aldehydes is 1. The van der Waals surface area contributed by atoms with Crippen LogP contribution in [-0.4, -0.2) is 29.2 Å². The zero-order chi connectivity index (χ0) is 9.90. The van der Waals surface area contributed by atoms with Crippen LogP contribution in [0.4, 0.5) is 0 Å². The molecular weight excluding hydrogens is 166 g/mol. The molecule has 1 heterocycles. The SMILES string of the molecule is CC1(C)CCCCN1C(=O)CC=O. The average molecular weight is 183 g/mol. The van der Waals surface area contributed by atoms with Crippen LogP contribution in [0.3, 0.4) is 0 Å². The van der Waals surface area contributed by atoms with Crippen molar-refractivity contribution in [1.29, 1.82) is 0 Å². The van der Waals surface area contributed by atoms with Crippen molar-refractivity contribution < 1.29 is 9.59 Å². The van der Waals surface area contributed by atoms with E-state index in [-0.39, 0.29) is 17.9 Å². The van der Waals surface area contributed by atoms with Gasteiger partial charge in [-0.05, 0) is 33.1 Å². The molecule has 1 fully saturated rings. The van der Waals surface area contributed by atoms with Gasteiger partial charge in [-0.2, -0.15) is 0 Å². The summed E-state index contributed by atoms with van der Waals surface area (Å²) < 4.78 is 0. The number of carbonyl (C=O) groups excluding carboxylic acids is 2. The molecule has 1 aliphatic heterocycles. The highest BCUT2D eigenvalue weighted by atomic mass is 16.2.